The van der Waals surface area contributed by atoms with Crippen LogP contribution in [0, 0.1) is 0 Å². The van der Waals surface area contributed by atoms with Gasteiger partial charge in [0.25, 0.3) is 0 Å². The minimum Gasteiger partial charge on any atom is -0.349 e. The van der Waals surface area contributed by atoms with Crippen LogP contribution in [0.5, 0.6) is 0 Å². The molecule has 0 bridgehead atoms. The Morgan fingerprint density at radius 2 is 2.30 bits per heavy atom. The molecule has 1 aliphatic heterocycles. The number of aromatic nitrogens is 4. The summed E-state index contributed by atoms with van der Waals surface area (Å²) in [4.78, 5) is 20.4. The van der Waals surface area contributed by atoms with Crippen molar-refractivity contribution in [2.45, 2.75) is 38.4 Å². The average Bonchev–Trinajstić information content (AvgIpc) is 3.00. The molecule has 0 radical (unpaired) electrons. The summed E-state index contributed by atoms with van der Waals surface area (Å²) in [6.45, 7) is 2.12. The Hall–Kier alpha value is -2.28. The second-order valence-electron chi connectivity index (χ2n) is 5.89. The van der Waals surface area contributed by atoms with Gasteiger partial charge in [0.05, 0.1) is 18.8 Å². The Morgan fingerprint density at radius 3 is 3.04 bits per heavy atom. The molecule has 2 aromatic heterocycles. The van der Waals surface area contributed by atoms with Gasteiger partial charge in [0.1, 0.15) is 5.69 Å². The summed E-state index contributed by atoms with van der Waals surface area (Å²) >= 11 is 0. The number of piperidine rings is 1. The Labute approximate surface area is 135 Å². The SMILES string of the molecule is Cn1ncc(CNC(=O)C2CCCCN2Cc2cccnc2)n1. The molecule has 1 saturated heterocycles. The Bertz CT molecular complexity index is 641. The number of rotatable bonds is 5. The predicted molar refractivity (Wildman–Crippen MR) is 85.1 cm³/mol. The van der Waals surface area contributed by atoms with Crippen LogP contribution >= 0.6 is 0 Å². The van der Waals surface area contributed by atoms with E-state index >= 15 is 0 Å². The number of aryl methyl sites for hydroxylation is 1. The maximum absolute atomic E-state index is 12.6. The lowest BCUT2D eigenvalue weighted by molar-refractivity contribution is -0.128. The standard InChI is InChI=1S/C16H22N6O/c1-21-19-11-14(20-21)10-18-16(23)15-6-2-3-8-22(15)12-13-5-4-7-17-9-13/h4-5,7,9,11,15H,2-3,6,8,10,12H2,1H3,(H,18,23). The van der Waals surface area contributed by atoms with Crippen molar-refractivity contribution >= 4 is 5.91 Å². The smallest absolute Gasteiger partial charge is 0.237 e. The van der Waals surface area contributed by atoms with Crippen molar-refractivity contribution in [1.29, 1.82) is 0 Å². The first-order chi connectivity index (χ1) is 11.2. The second kappa shape index (κ2) is 7.32. The molecule has 7 heteroatoms. The van der Waals surface area contributed by atoms with Gasteiger partial charge in [-0.15, -0.1) is 0 Å². The van der Waals surface area contributed by atoms with E-state index in [4.69, 9.17) is 0 Å². The molecule has 3 rings (SSSR count). The number of pyridine rings is 1. The fraction of sp³-hybridized carbons (Fsp3) is 0.500. The fourth-order valence-electron chi connectivity index (χ4n) is 2.97. The van der Waals surface area contributed by atoms with E-state index in [-0.39, 0.29) is 11.9 Å². The molecule has 2 aromatic rings. The van der Waals surface area contributed by atoms with Gasteiger partial charge in [-0.2, -0.15) is 15.0 Å². The maximum Gasteiger partial charge on any atom is 0.237 e. The number of carbonyl (C=O) groups excluding carboxylic acids is 1. The zero-order valence-corrected chi connectivity index (χ0v) is 13.4. The van der Waals surface area contributed by atoms with E-state index < -0.39 is 0 Å². The van der Waals surface area contributed by atoms with Crippen LogP contribution in [0.4, 0.5) is 0 Å². The van der Waals surface area contributed by atoms with Crippen LogP contribution in [0.25, 0.3) is 0 Å². The highest BCUT2D eigenvalue weighted by molar-refractivity contribution is 5.81. The van der Waals surface area contributed by atoms with Gasteiger partial charge in [-0.3, -0.25) is 14.7 Å². The van der Waals surface area contributed by atoms with E-state index in [1.807, 2.05) is 12.3 Å². The molecule has 0 saturated carbocycles. The molecule has 3 heterocycles. The highest BCUT2D eigenvalue weighted by atomic mass is 16.2. The average molecular weight is 314 g/mol. The van der Waals surface area contributed by atoms with Gasteiger partial charge in [-0.05, 0) is 31.0 Å². The minimum atomic E-state index is -0.0828. The van der Waals surface area contributed by atoms with Gasteiger partial charge in [-0.25, -0.2) is 0 Å². The van der Waals surface area contributed by atoms with Crippen LogP contribution in [-0.2, 0) is 24.9 Å². The van der Waals surface area contributed by atoms with Crippen LogP contribution < -0.4 is 5.32 Å². The van der Waals surface area contributed by atoms with Crippen molar-refractivity contribution in [3.63, 3.8) is 0 Å². The molecule has 1 unspecified atom stereocenters. The van der Waals surface area contributed by atoms with Crippen LogP contribution in [0.3, 0.4) is 0 Å². The Morgan fingerprint density at radius 1 is 1.39 bits per heavy atom. The van der Waals surface area contributed by atoms with Gasteiger partial charge in [0, 0.05) is 26.0 Å². The van der Waals surface area contributed by atoms with Crippen molar-refractivity contribution in [2.75, 3.05) is 6.54 Å². The highest BCUT2D eigenvalue weighted by Gasteiger charge is 2.28. The summed E-state index contributed by atoms with van der Waals surface area (Å²) < 4.78 is 0. The van der Waals surface area contributed by atoms with E-state index in [1.165, 1.54) is 4.80 Å². The van der Waals surface area contributed by atoms with Crippen molar-refractivity contribution < 1.29 is 4.79 Å². The molecule has 1 N–H and O–H groups in total. The maximum atomic E-state index is 12.6. The molecular formula is C16H22N6O. The van der Waals surface area contributed by atoms with Crippen LogP contribution in [0.2, 0.25) is 0 Å². The quantitative estimate of drug-likeness (QED) is 0.886. The van der Waals surface area contributed by atoms with Crippen molar-refractivity contribution in [2.24, 2.45) is 7.05 Å². The predicted octanol–water partition coefficient (Wildman–Crippen LogP) is 0.881. The van der Waals surface area contributed by atoms with Crippen molar-refractivity contribution in [1.82, 2.24) is 30.2 Å². The highest BCUT2D eigenvalue weighted by Crippen LogP contribution is 2.19. The molecule has 23 heavy (non-hydrogen) atoms. The molecule has 0 aromatic carbocycles. The third kappa shape index (κ3) is 4.13. The van der Waals surface area contributed by atoms with Gasteiger partial charge in [0.2, 0.25) is 5.91 Å². The monoisotopic (exact) mass is 314 g/mol. The lowest BCUT2D eigenvalue weighted by atomic mass is 10.0. The van der Waals surface area contributed by atoms with E-state index in [2.05, 4.69) is 31.5 Å². The largest absolute Gasteiger partial charge is 0.349 e. The molecule has 0 aliphatic carbocycles. The zero-order valence-electron chi connectivity index (χ0n) is 13.4. The normalized spacial score (nSPS) is 18.7. The zero-order chi connectivity index (χ0) is 16.1. The summed E-state index contributed by atoms with van der Waals surface area (Å²) in [7, 11) is 1.77. The van der Waals surface area contributed by atoms with E-state index in [0.29, 0.717) is 6.54 Å². The molecule has 122 valence electrons. The molecular weight excluding hydrogens is 292 g/mol. The summed E-state index contributed by atoms with van der Waals surface area (Å²) in [6, 6.07) is 3.90. The summed E-state index contributed by atoms with van der Waals surface area (Å²) in [5.74, 6) is 0.0687. The Balaban J connectivity index is 1.59. The molecule has 1 aliphatic rings. The first-order valence-corrected chi connectivity index (χ1v) is 7.98. The molecule has 1 fully saturated rings. The van der Waals surface area contributed by atoms with E-state index in [1.54, 1.807) is 19.4 Å². The Kier molecular flexibility index (Phi) is 4.97. The lowest BCUT2D eigenvalue weighted by Crippen LogP contribution is -2.48. The summed E-state index contributed by atoms with van der Waals surface area (Å²) in [5.41, 5.74) is 1.91. The number of carbonyl (C=O) groups is 1. The number of amides is 1. The minimum absolute atomic E-state index is 0.0687. The molecule has 0 spiro atoms. The number of nitrogens with zero attached hydrogens (tertiary/aromatic N) is 5. The number of hydrogen-bond acceptors (Lipinski definition) is 5. The van der Waals surface area contributed by atoms with Gasteiger partial charge < -0.3 is 5.32 Å². The number of likely N-dealkylation sites (tertiary alicyclic amines) is 1. The number of hydrogen-bond donors (Lipinski definition) is 1. The van der Waals surface area contributed by atoms with E-state index in [0.717, 1.165) is 43.6 Å². The molecule has 7 nitrogen and oxygen atoms in total. The van der Waals surface area contributed by atoms with Crippen molar-refractivity contribution in [3.05, 3.63) is 42.0 Å². The fourth-order valence-corrected chi connectivity index (χ4v) is 2.97. The van der Waals surface area contributed by atoms with Crippen LogP contribution in [-0.4, -0.2) is 43.4 Å². The second-order valence-corrected chi connectivity index (χ2v) is 5.89. The van der Waals surface area contributed by atoms with E-state index in [9.17, 15) is 4.79 Å². The first kappa shape index (κ1) is 15.6. The van der Waals surface area contributed by atoms with Gasteiger partial charge in [0.15, 0.2) is 0 Å². The lowest BCUT2D eigenvalue weighted by Gasteiger charge is -2.34. The molecule has 1 amide bonds. The number of nitrogens with one attached hydrogen (secondary N) is 1. The third-order valence-corrected chi connectivity index (χ3v) is 4.12. The van der Waals surface area contributed by atoms with Crippen LogP contribution in [0.1, 0.15) is 30.5 Å². The first-order valence-electron chi connectivity index (χ1n) is 7.98. The summed E-state index contributed by atoms with van der Waals surface area (Å²) in [6.07, 6.45) is 8.43. The molecule has 1 atom stereocenters. The van der Waals surface area contributed by atoms with Gasteiger partial charge >= 0.3 is 0 Å². The van der Waals surface area contributed by atoms with Gasteiger partial charge in [-0.1, -0.05) is 12.5 Å². The van der Waals surface area contributed by atoms with Crippen molar-refractivity contribution in [3.8, 4) is 0 Å². The summed E-state index contributed by atoms with van der Waals surface area (Å²) in [5, 5.41) is 11.2. The van der Waals surface area contributed by atoms with Crippen LogP contribution in [0.15, 0.2) is 30.7 Å². The topological polar surface area (TPSA) is 75.9 Å². The third-order valence-electron chi connectivity index (χ3n) is 4.12.